The van der Waals surface area contributed by atoms with Gasteiger partial charge in [-0.1, -0.05) is 6.07 Å². The van der Waals surface area contributed by atoms with E-state index in [1.165, 1.54) is 12.1 Å². The Kier molecular flexibility index (Phi) is 5.81. The first-order chi connectivity index (χ1) is 13.2. The van der Waals surface area contributed by atoms with Crippen LogP contribution < -0.4 is 10.2 Å². The van der Waals surface area contributed by atoms with Gasteiger partial charge in [-0.3, -0.25) is 9.59 Å². The molecule has 0 radical (unpaired) electrons. The van der Waals surface area contributed by atoms with Crippen LogP contribution in [0.15, 0.2) is 52.3 Å². The predicted molar refractivity (Wildman–Crippen MR) is 112 cm³/mol. The summed E-state index contributed by atoms with van der Waals surface area (Å²) in [6.45, 7) is 2.09. The molecule has 1 aliphatic rings. The lowest BCUT2D eigenvalue weighted by molar-refractivity contribution is -0.122. The Morgan fingerprint density at radius 3 is 2.46 bits per heavy atom. The van der Waals surface area contributed by atoms with Crippen molar-refractivity contribution in [2.75, 3.05) is 29.3 Å². The average Bonchev–Trinajstić information content (AvgIpc) is 3.04. The highest BCUT2D eigenvalue weighted by atomic mass is 32.2. The molecule has 148 valence electrons. The number of carbonyl (C=O) groups is 2. The quantitative estimate of drug-likeness (QED) is 0.755. The molecular weight excluding hydrogens is 396 g/mol. The molecule has 1 aliphatic heterocycles. The van der Waals surface area contributed by atoms with Crippen LogP contribution in [0, 0.1) is 12.8 Å². The Morgan fingerprint density at radius 2 is 1.86 bits per heavy atom. The molecule has 3 rings (SSSR count). The van der Waals surface area contributed by atoms with Gasteiger partial charge in [-0.05, 0) is 55.1 Å². The summed E-state index contributed by atoms with van der Waals surface area (Å²) >= 11 is 1.62. The van der Waals surface area contributed by atoms with E-state index in [-0.39, 0.29) is 23.1 Å². The van der Waals surface area contributed by atoms with E-state index in [2.05, 4.69) is 5.32 Å². The first-order valence-electron chi connectivity index (χ1n) is 8.75. The molecule has 1 heterocycles. The first kappa shape index (κ1) is 20.4. The molecule has 1 atom stereocenters. The fourth-order valence-electron chi connectivity index (χ4n) is 3.10. The summed E-state index contributed by atoms with van der Waals surface area (Å²) in [4.78, 5) is 28.0. The fourth-order valence-corrected chi connectivity index (χ4v) is 4.15. The van der Waals surface area contributed by atoms with E-state index in [1.807, 2.05) is 30.5 Å². The number of benzene rings is 2. The monoisotopic (exact) mass is 418 g/mol. The summed E-state index contributed by atoms with van der Waals surface area (Å²) in [7, 11) is -3.37. The molecule has 0 aromatic heterocycles. The second-order valence-corrected chi connectivity index (χ2v) is 9.74. The van der Waals surface area contributed by atoms with E-state index in [0.717, 1.165) is 22.4 Å². The smallest absolute Gasteiger partial charge is 0.229 e. The number of amides is 2. The normalized spacial score (nSPS) is 17.0. The van der Waals surface area contributed by atoms with Crippen molar-refractivity contribution in [3.63, 3.8) is 0 Å². The van der Waals surface area contributed by atoms with Crippen LogP contribution in [0.1, 0.15) is 12.0 Å². The van der Waals surface area contributed by atoms with Crippen molar-refractivity contribution in [1.29, 1.82) is 0 Å². The third-order valence-electron chi connectivity index (χ3n) is 4.77. The maximum atomic E-state index is 12.7. The first-order valence-corrected chi connectivity index (χ1v) is 11.9. The van der Waals surface area contributed by atoms with Crippen LogP contribution in [-0.4, -0.2) is 39.3 Å². The molecule has 2 aromatic rings. The van der Waals surface area contributed by atoms with Crippen LogP contribution in [-0.2, 0) is 19.4 Å². The molecule has 8 heteroatoms. The zero-order valence-corrected chi connectivity index (χ0v) is 17.6. The van der Waals surface area contributed by atoms with E-state index >= 15 is 0 Å². The van der Waals surface area contributed by atoms with Crippen molar-refractivity contribution in [1.82, 2.24) is 0 Å². The fraction of sp³-hybridized carbons (Fsp3) is 0.300. The van der Waals surface area contributed by atoms with Gasteiger partial charge >= 0.3 is 0 Å². The Balaban J connectivity index is 1.74. The largest absolute Gasteiger partial charge is 0.325 e. The molecule has 0 aliphatic carbocycles. The van der Waals surface area contributed by atoms with Gasteiger partial charge in [0.05, 0.1) is 10.8 Å². The van der Waals surface area contributed by atoms with Gasteiger partial charge in [0.15, 0.2) is 9.84 Å². The maximum absolute atomic E-state index is 12.7. The third-order valence-corrected chi connectivity index (χ3v) is 6.63. The lowest BCUT2D eigenvalue weighted by Gasteiger charge is -2.17. The van der Waals surface area contributed by atoms with Gasteiger partial charge in [0.1, 0.15) is 0 Å². The zero-order chi connectivity index (χ0) is 20.5. The van der Waals surface area contributed by atoms with Gasteiger partial charge in [-0.15, -0.1) is 11.8 Å². The van der Waals surface area contributed by atoms with Crippen LogP contribution in [0.2, 0.25) is 0 Å². The van der Waals surface area contributed by atoms with Gasteiger partial charge in [0.2, 0.25) is 11.8 Å². The number of rotatable bonds is 5. The van der Waals surface area contributed by atoms with Gasteiger partial charge in [0.25, 0.3) is 0 Å². The summed E-state index contributed by atoms with van der Waals surface area (Å²) in [6.07, 6.45) is 3.23. The second kappa shape index (κ2) is 7.97. The summed E-state index contributed by atoms with van der Waals surface area (Å²) in [6, 6.07) is 12.3. The lowest BCUT2D eigenvalue weighted by Crippen LogP contribution is -2.28. The molecule has 1 unspecified atom stereocenters. The number of carbonyl (C=O) groups excluding carboxylic acids is 2. The van der Waals surface area contributed by atoms with Crippen molar-refractivity contribution >= 4 is 44.8 Å². The lowest BCUT2D eigenvalue weighted by atomic mass is 10.1. The highest BCUT2D eigenvalue weighted by molar-refractivity contribution is 7.98. The molecule has 0 spiro atoms. The average molecular weight is 419 g/mol. The van der Waals surface area contributed by atoms with E-state index in [9.17, 15) is 18.0 Å². The SMILES string of the molecule is CSc1ccc(N2CC(C(=O)Nc3cc(S(C)(=O)=O)ccc3C)CC2=O)cc1. The Morgan fingerprint density at radius 1 is 1.18 bits per heavy atom. The molecule has 28 heavy (non-hydrogen) atoms. The minimum atomic E-state index is -3.37. The zero-order valence-electron chi connectivity index (χ0n) is 15.9. The maximum Gasteiger partial charge on any atom is 0.229 e. The molecule has 1 fully saturated rings. The highest BCUT2D eigenvalue weighted by Crippen LogP contribution is 2.28. The second-order valence-electron chi connectivity index (χ2n) is 6.84. The Hall–Kier alpha value is -2.32. The summed E-state index contributed by atoms with van der Waals surface area (Å²) in [5.74, 6) is -0.877. The molecule has 0 saturated carbocycles. The molecular formula is C20H22N2O4S2. The molecule has 1 N–H and O–H groups in total. The summed E-state index contributed by atoms with van der Waals surface area (Å²) in [5.41, 5.74) is 1.98. The van der Waals surface area contributed by atoms with Gasteiger partial charge in [-0.2, -0.15) is 0 Å². The van der Waals surface area contributed by atoms with Crippen LogP contribution in [0.5, 0.6) is 0 Å². The number of hydrogen-bond acceptors (Lipinski definition) is 5. The number of aryl methyl sites for hydroxylation is 1. The predicted octanol–water partition coefficient (Wildman–Crippen LogP) is 3.11. The Bertz CT molecular complexity index is 1020. The van der Waals surface area contributed by atoms with Crippen molar-refractivity contribution < 1.29 is 18.0 Å². The number of anilines is 2. The van der Waals surface area contributed by atoms with Crippen molar-refractivity contribution in [2.24, 2.45) is 5.92 Å². The van der Waals surface area contributed by atoms with Crippen molar-refractivity contribution in [3.05, 3.63) is 48.0 Å². The summed E-state index contributed by atoms with van der Waals surface area (Å²) in [5, 5.41) is 2.79. The molecule has 6 nitrogen and oxygen atoms in total. The number of thioether (sulfide) groups is 1. The molecule has 1 saturated heterocycles. The standard InChI is InChI=1S/C20H22N2O4S2/c1-13-4-9-17(28(3,25)26)11-18(13)21-20(24)14-10-19(23)22(12-14)15-5-7-16(27-2)8-6-15/h4-9,11,14H,10,12H2,1-3H3,(H,21,24). The molecule has 2 aromatic carbocycles. The van der Waals surface area contributed by atoms with Crippen molar-refractivity contribution in [3.8, 4) is 0 Å². The third kappa shape index (κ3) is 4.39. The highest BCUT2D eigenvalue weighted by Gasteiger charge is 2.35. The molecule has 2 amide bonds. The number of nitrogens with zero attached hydrogens (tertiary/aromatic N) is 1. The van der Waals surface area contributed by atoms with Gasteiger partial charge in [-0.25, -0.2) is 8.42 Å². The van der Waals surface area contributed by atoms with Crippen LogP contribution in [0.3, 0.4) is 0 Å². The minimum Gasteiger partial charge on any atom is -0.325 e. The Labute approximate surface area is 169 Å². The van der Waals surface area contributed by atoms with Crippen LogP contribution >= 0.6 is 11.8 Å². The van der Waals surface area contributed by atoms with Crippen LogP contribution in [0.4, 0.5) is 11.4 Å². The van der Waals surface area contributed by atoms with E-state index in [4.69, 9.17) is 0 Å². The van der Waals surface area contributed by atoms with Gasteiger partial charge in [0, 0.05) is 35.5 Å². The topological polar surface area (TPSA) is 83.6 Å². The van der Waals surface area contributed by atoms with E-state index in [0.29, 0.717) is 12.2 Å². The molecule has 0 bridgehead atoms. The minimum absolute atomic E-state index is 0.0985. The number of nitrogens with one attached hydrogen (secondary N) is 1. The number of hydrogen-bond donors (Lipinski definition) is 1. The van der Waals surface area contributed by atoms with E-state index < -0.39 is 15.8 Å². The number of sulfone groups is 1. The van der Waals surface area contributed by atoms with E-state index in [1.54, 1.807) is 29.7 Å². The van der Waals surface area contributed by atoms with Crippen molar-refractivity contribution in [2.45, 2.75) is 23.1 Å². The van der Waals surface area contributed by atoms with Crippen LogP contribution in [0.25, 0.3) is 0 Å². The summed E-state index contributed by atoms with van der Waals surface area (Å²) < 4.78 is 23.5. The van der Waals surface area contributed by atoms with Gasteiger partial charge < -0.3 is 10.2 Å².